The van der Waals surface area contributed by atoms with E-state index >= 15 is 0 Å². The van der Waals surface area contributed by atoms with Gasteiger partial charge in [-0.2, -0.15) is 0 Å². The first kappa shape index (κ1) is 21.2. The van der Waals surface area contributed by atoms with E-state index in [9.17, 15) is 9.59 Å². The summed E-state index contributed by atoms with van der Waals surface area (Å²) < 4.78 is 0. The van der Waals surface area contributed by atoms with Crippen molar-refractivity contribution in [2.45, 2.75) is 45.1 Å². The summed E-state index contributed by atoms with van der Waals surface area (Å²) >= 11 is 6.38. The van der Waals surface area contributed by atoms with E-state index in [2.05, 4.69) is 10.6 Å². The van der Waals surface area contributed by atoms with E-state index in [0.717, 1.165) is 24.1 Å². The summed E-state index contributed by atoms with van der Waals surface area (Å²) in [5.41, 5.74) is 3.09. The van der Waals surface area contributed by atoms with Gasteiger partial charge in [0.25, 0.3) is 5.91 Å². The fourth-order valence-corrected chi connectivity index (χ4v) is 3.91. The SMILES string of the molecule is Cc1ccc(NC(=O)CNc2ccc(C(=O)N(C)C3CCCCC3)c(Cl)c2)cc1. The van der Waals surface area contributed by atoms with Gasteiger partial charge in [0.05, 0.1) is 17.1 Å². The van der Waals surface area contributed by atoms with E-state index in [-0.39, 0.29) is 24.4 Å². The average Bonchev–Trinajstić information content (AvgIpc) is 2.73. The summed E-state index contributed by atoms with van der Waals surface area (Å²) in [6, 6.07) is 13.1. The molecule has 2 aromatic rings. The summed E-state index contributed by atoms with van der Waals surface area (Å²) in [6.07, 6.45) is 5.69. The number of hydrogen-bond acceptors (Lipinski definition) is 3. The lowest BCUT2D eigenvalue weighted by Crippen LogP contribution is -2.38. The zero-order chi connectivity index (χ0) is 20.8. The summed E-state index contributed by atoms with van der Waals surface area (Å²) in [4.78, 5) is 26.8. The highest BCUT2D eigenvalue weighted by Crippen LogP contribution is 2.26. The van der Waals surface area contributed by atoms with E-state index in [1.165, 1.54) is 19.3 Å². The van der Waals surface area contributed by atoms with E-state index < -0.39 is 0 Å². The molecule has 2 aromatic carbocycles. The molecule has 0 atom stereocenters. The summed E-state index contributed by atoms with van der Waals surface area (Å²) in [6.45, 7) is 2.11. The fourth-order valence-electron chi connectivity index (χ4n) is 3.65. The zero-order valence-electron chi connectivity index (χ0n) is 17.0. The van der Waals surface area contributed by atoms with Crippen LogP contribution in [0.25, 0.3) is 0 Å². The second-order valence-corrected chi connectivity index (χ2v) is 8.08. The van der Waals surface area contributed by atoms with Gasteiger partial charge in [0.2, 0.25) is 5.91 Å². The molecule has 5 nitrogen and oxygen atoms in total. The molecule has 0 unspecified atom stereocenters. The number of amides is 2. The molecule has 2 N–H and O–H groups in total. The molecule has 0 spiro atoms. The van der Waals surface area contributed by atoms with Crippen molar-refractivity contribution in [1.29, 1.82) is 0 Å². The number of nitrogens with one attached hydrogen (secondary N) is 2. The number of nitrogens with zero attached hydrogens (tertiary/aromatic N) is 1. The minimum atomic E-state index is -0.151. The third kappa shape index (κ3) is 5.73. The van der Waals surface area contributed by atoms with Gasteiger partial charge in [0.1, 0.15) is 0 Å². The summed E-state index contributed by atoms with van der Waals surface area (Å²) in [5, 5.41) is 6.28. The van der Waals surface area contributed by atoms with Crippen LogP contribution in [-0.4, -0.2) is 36.3 Å². The first-order chi connectivity index (χ1) is 13.9. The lowest BCUT2D eigenvalue weighted by atomic mass is 9.94. The molecule has 1 saturated carbocycles. The van der Waals surface area contributed by atoms with Crippen molar-refractivity contribution in [1.82, 2.24) is 4.90 Å². The Hall–Kier alpha value is -2.53. The Balaban J connectivity index is 1.56. The standard InChI is InChI=1S/C23H28ClN3O2/c1-16-8-10-17(11-9-16)26-22(28)15-25-18-12-13-20(21(24)14-18)23(29)27(2)19-6-4-3-5-7-19/h8-14,19,25H,3-7,15H2,1-2H3,(H,26,28). The molecule has 0 radical (unpaired) electrons. The third-order valence-electron chi connectivity index (χ3n) is 5.43. The van der Waals surface area contributed by atoms with Crippen LogP contribution in [0.15, 0.2) is 42.5 Å². The van der Waals surface area contributed by atoms with Crippen LogP contribution in [0.4, 0.5) is 11.4 Å². The van der Waals surface area contributed by atoms with Gasteiger partial charge in [0, 0.05) is 24.5 Å². The molecule has 0 aromatic heterocycles. The summed E-state index contributed by atoms with van der Waals surface area (Å²) in [7, 11) is 1.86. The van der Waals surface area contributed by atoms with E-state index in [1.54, 1.807) is 18.2 Å². The van der Waals surface area contributed by atoms with Crippen LogP contribution in [-0.2, 0) is 4.79 Å². The van der Waals surface area contributed by atoms with Gasteiger partial charge in [-0.25, -0.2) is 0 Å². The van der Waals surface area contributed by atoms with Crippen LogP contribution in [0.5, 0.6) is 0 Å². The van der Waals surface area contributed by atoms with Gasteiger partial charge in [-0.05, 0) is 50.1 Å². The molecule has 154 valence electrons. The van der Waals surface area contributed by atoms with Crippen molar-refractivity contribution in [2.24, 2.45) is 0 Å². The number of aryl methyl sites for hydroxylation is 1. The van der Waals surface area contributed by atoms with Crippen molar-refractivity contribution in [3.8, 4) is 0 Å². The van der Waals surface area contributed by atoms with Crippen molar-refractivity contribution >= 4 is 34.8 Å². The highest BCUT2D eigenvalue weighted by molar-refractivity contribution is 6.34. The highest BCUT2D eigenvalue weighted by Gasteiger charge is 2.24. The number of carbonyl (C=O) groups excluding carboxylic acids is 2. The molecule has 1 aliphatic rings. The summed E-state index contributed by atoms with van der Waals surface area (Å²) in [5.74, 6) is -0.201. The van der Waals surface area contributed by atoms with Gasteiger partial charge in [-0.3, -0.25) is 9.59 Å². The number of benzene rings is 2. The molecule has 3 rings (SSSR count). The quantitative estimate of drug-likeness (QED) is 0.692. The van der Waals surface area contributed by atoms with Gasteiger partial charge < -0.3 is 15.5 Å². The highest BCUT2D eigenvalue weighted by atomic mass is 35.5. The Morgan fingerprint density at radius 2 is 1.69 bits per heavy atom. The third-order valence-corrected chi connectivity index (χ3v) is 5.74. The predicted molar refractivity (Wildman–Crippen MR) is 119 cm³/mol. The number of rotatable bonds is 6. The Kier molecular flexibility index (Phi) is 7.15. The number of carbonyl (C=O) groups is 2. The minimum absolute atomic E-state index is 0.0504. The van der Waals surface area contributed by atoms with Crippen LogP contribution in [0.3, 0.4) is 0 Å². The fraction of sp³-hybridized carbons (Fsp3) is 0.391. The van der Waals surface area contributed by atoms with E-state index in [1.807, 2.05) is 43.1 Å². The number of halogens is 1. The number of anilines is 2. The molecule has 2 amide bonds. The molecule has 0 bridgehead atoms. The van der Waals surface area contributed by atoms with Crippen LogP contribution in [0.2, 0.25) is 5.02 Å². The smallest absolute Gasteiger partial charge is 0.255 e. The predicted octanol–water partition coefficient (Wildman–Crippen LogP) is 5.10. The van der Waals surface area contributed by atoms with Crippen molar-refractivity contribution in [3.63, 3.8) is 0 Å². The van der Waals surface area contributed by atoms with Gasteiger partial charge in [-0.15, -0.1) is 0 Å². The molecule has 29 heavy (non-hydrogen) atoms. The Morgan fingerprint density at radius 3 is 2.34 bits per heavy atom. The van der Waals surface area contributed by atoms with E-state index in [4.69, 9.17) is 11.6 Å². The van der Waals surface area contributed by atoms with Crippen molar-refractivity contribution in [2.75, 3.05) is 24.2 Å². The van der Waals surface area contributed by atoms with E-state index in [0.29, 0.717) is 16.3 Å². The molecule has 6 heteroatoms. The molecular formula is C23H28ClN3O2. The molecule has 0 heterocycles. The molecule has 1 aliphatic carbocycles. The Morgan fingerprint density at radius 1 is 1.03 bits per heavy atom. The van der Waals surface area contributed by atoms with Crippen molar-refractivity contribution in [3.05, 3.63) is 58.6 Å². The van der Waals surface area contributed by atoms with Crippen LogP contribution in [0, 0.1) is 6.92 Å². The second kappa shape index (κ2) is 9.79. The lowest BCUT2D eigenvalue weighted by Gasteiger charge is -2.31. The molecule has 0 saturated heterocycles. The maximum Gasteiger partial charge on any atom is 0.255 e. The molecule has 0 aliphatic heterocycles. The Labute approximate surface area is 177 Å². The Bertz CT molecular complexity index is 861. The monoisotopic (exact) mass is 413 g/mol. The minimum Gasteiger partial charge on any atom is -0.376 e. The zero-order valence-corrected chi connectivity index (χ0v) is 17.8. The topological polar surface area (TPSA) is 61.4 Å². The normalized spacial score (nSPS) is 14.3. The second-order valence-electron chi connectivity index (χ2n) is 7.67. The first-order valence-corrected chi connectivity index (χ1v) is 10.5. The lowest BCUT2D eigenvalue weighted by molar-refractivity contribution is -0.114. The maximum absolute atomic E-state index is 12.8. The van der Waals surface area contributed by atoms with Crippen molar-refractivity contribution < 1.29 is 9.59 Å². The molecule has 1 fully saturated rings. The van der Waals surface area contributed by atoms with Gasteiger partial charge in [0.15, 0.2) is 0 Å². The largest absolute Gasteiger partial charge is 0.376 e. The molecular weight excluding hydrogens is 386 g/mol. The number of hydrogen-bond donors (Lipinski definition) is 2. The first-order valence-electron chi connectivity index (χ1n) is 10.1. The van der Waals surface area contributed by atoms with Crippen LogP contribution < -0.4 is 10.6 Å². The average molecular weight is 414 g/mol. The van der Waals surface area contributed by atoms with Crippen LogP contribution >= 0.6 is 11.6 Å². The van der Waals surface area contributed by atoms with Crippen LogP contribution in [0.1, 0.15) is 48.0 Å². The van der Waals surface area contributed by atoms with Gasteiger partial charge in [-0.1, -0.05) is 48.6 Å². The van der Waals surface area contributed by atoms with Gasteiger partial charge >= 0.3 is 0 Å². The maximum atomic E-state index is 12.8.